The first-order valence-electron chi connectivity index (χ1n) is 24.4. The second-order valence-electron chi connectivity index (χ2n) is 22.4. The second kappa shape index (κ2) is 15.4. The van der Waals surface area contributed by atoms with Crippen LogP contribution in [0.5, 0.6) is 0 Å². The summed E-state index contributed by atoms with van der Waals surface area (Å²) in [5, 5.41) is 6.63. The smallest absolute Gasteiger partial charge is 0.198 e. The lowest BCUT2D eigenvalue weighted by atomic mass is 9.54. The molecule has 0 radical (unpaired) electrons. The van der Waals surface area contributed by atoms with E-state index in [1.54, 1.807) is 0 Å². The van der Waals surface area contributed by atoms with Gasteiger partial charge in [0.05, 0.1) is 0 Å². The zero-order valence-corrected chi connectivity index (χ0v) is 40.5. The average Bonchev–Trinajstić information content (AvgIpc) is 3.31. The number of hydrogen-bond donors (Lipinski definition) is 1. The molecule has 11 rings (SSSR count). The van der Waals surface area contributed by atoms with Crippen LogP contribution in [0.2, 0.25) is 0 Å². The van der Waals surface area contributed by atoms with Gasteiger partial charge in [-0.15, -0.1) is 0 Å². The summed E-state index contributed by atoms with van der Waals surface area (Å²) in [6.07, 6.45) is 4.68. The van der Waals surface area contributed by atoms with Crippen LogP contribution >= 0.6 is 0 Å². The molecule has 3 aliphatic rings. The molecule has 1 aliphatic heterocycles. The fraction of sp³-hybridized carbons (Fsp3) is 0.270. The van der Waals surface area contributed by atoms with Gasteiger partial charge in [0.2, 0.25) is 0 Å². The van der Waals surface area contributed by atoms with Crippen molar-refractivity contribution in [3.63, 3.8) is 0 Å². The maximum atomic E-state index is 4.08. The van der Waals surface area contributed by atoms with Gasteiger partial charge >= 0.3 is 0 Å². The largest absolute Gasteiger partial charge is 0.355 e. The molecule has 0 bridgehead atoms. The van der Waals surface area contributed by atoms with E-state index >= 15 is 0 Å². The van der Waals surface area contributed by atoms with Crippen molar-refractivity contribution < 1.29 is 0 Å². The molecule has 1 heterocycles. The summed E-state index contributed by atoms with van der Waals surface area (Å²) in [6, 6.07) is 59.7. The topological polar surface area (TPSA) is 15.3 Å². The Hall–Kier alpha value is -6.32. The Balaban J connectivity index is 1.18. The van der Waals surface area contributed by atoms with Crippen LogP contribution in [0, 0.1) is 6.92 Å². The van der Waals surface area contributed by atoms with E-state index in [-0.39, 0.29) is 21.7 Å². The molecule has 0 aromatic heterocycles. The molecule has 66 heavy (non-hydrogen) atoms. The SMILES string of the molecule is Cc1cc(-c2ccccc2)ccc1N1c2cc3c(cc2Bc2c1cc1ccccc1c2-c1cc2c(cc1Nc1ccc(-c4ccccc4)cc1)C(C)(C)CCC2(C)C)C(C)(C)CCC3(C)C. The van der Waals surface area contributed by atoms with Gasteiger partial charge in [0.15, 0.2) is 7.28 Å². The number of benzene rings is 8. The van der Waals surface area contributed by atoms with Gasteiger partial charge in [0, 0.05) is 34.0 Å². The number of rotatable bonds is 6. The summed E-state index contributed by atoms with van der Waals surface area (Å²) < 4.78 is 0. The van der Waals surface area contributed by atoms with Crippen molar-refractivity contribution in [2.75, 3.05) is 10.2 Å². The van der Waals surface area contributed by atoms with Gasteiger partial charge in [0.1, 0.15) is 0 Å². The molecule has 328 valence electrons. The lowest BCUT2D eigenvalue weighted by molar-refractivity contribution is 0.332. The van der Waals surface area contributed by atoms with E-state index in [0.29, 0.717) is 0 Å². The van der Waals surface area contributed by atoms with Gasteiger partial charge in [-0.2, -0.15) is 0 Å². The third-order valence-electron chi connectivity index (χ3n) is 16.1. The van der Waals surface area contributed by atoms with Crippen LogP contribution < -0.4 is 21.1 Å². The number of nitrogens with one attached hydrogen (secondary N) is 1. The van der Waals surface area contributed by atoms with Gasteiger partial charge in [0.25, 0.3) is 0 Å². The summed E-state index contributed by atoms with van der Waals surface area (Å²) in [5.74, 6) is 0. The number of aryl methyl sites for hydroxylation is 1. The van der Waals surface area contributed by atoms with Crippen molar-refractivity contribution in [1.82, 2.24) is 0 Å². The van der Waals surface area contributed by atoms with Gasteiger partial charge in [-0.25, -0.2) is 0 Å². The quantitative estimate of drug-likeness (QED) is 0.168. The molecule has 2 nitrogen and oxygen atoms in total. The van der Waals surface area contributed by atoms with Crippen LogP contribution in [0.25, 0.3) is 44.2 Å². The van der Waals surface area contributed by atoms with E-state index in [9.17, 15) is 0 Å². The Labute approximate surface area is 394 Å². The first kappa shape index (κ1) is 42.3. The monoisotopic (exact) mass is 859 g/mol. The number of anilines is 5. The van der Waals surface area contributed by atoms with E-state index in [0.717, 1.165) is 25.8 Å². The minimum Gasteiger partial charge on any atom is -0.355 e. The van der Waals surface area contributed by atoms with Gasteiger partial charge in [-0.1, -0.05) is 170 Å². The van der Waals surface area contributed by atoms with E-state index in [2.05, 4.69) is 230 Å². The number of fused-ring (bicyclic) bond motifs is 5. The summed E-state index contributed by atoms with van der Waals surface area (Å²) in [5.41, 5.74) is 23.9. The molecule has 8 aromatic carbocycles. The van der Waals surface area contributed by atoms with E-state index < -0.39 is 0 Å². The molecule has 0 amide bonds. The molecule has 0 spiro atoms. The molecular weight excluding hydrogens is 796 g/mol. The zero-order valence-electron chi connectivity index (χ0n) is 40.5. The molecule has 3 heteroatoms. The van der Waals surface area contributed by atoms with Gasteiger partial charge in [-0.3, -0.25) is 0 Å². The molecular formula is C63H63BN2. The summed E-state index contributed by atoms with van der Waals surface area (Å²) >= 11 is 0. The van der Waals surface area contributed by atoms with Crippen LogP contribution in [-0.4, -0.2) is 7.28 Å². The van der Waals surface area contributed by atoms with Crippen LogP contribution in [0.4, 0.5) is 28.4 Å². The standard InChI is InChI=1S/C63H63BN2/c1-40-34-44(42-20-14-11-15-21-42)26-29-55(40)66-56-39-52-50(61(4,5)31-33-63(52,8)9)37-53(56)64-59-57(66)35-45-22-16-17-23-47(45)58(59)48-36-49-51(62(6,7)32-30-60(49,2)3)38-54(48)65-46-27-24-43(25-28-46)41-18-12-10-13-19-41/h10-29,34-39,64-65H,30-33H2,1-9H3. The summed E-state index contributed by atoms with van der Waals surface area (Å²) in [6.45, 7) is 22.0. The maximum absolute atomic E-state index is 4.08. The van der Waals surface area contributed by atoms with E-state index in [1.807, 2.05) is 0 Å². The molecule has 0 fully saturated rings. The van der Waals surface area contributed by atoms with Crippen LogP contribution in [0.1, 0.15) is 109 Å². The zero-order chi connectivity index (χ0) is 45.8. The predicted molar refractivity (Wildman–Crippen MR) is 286 cm³/mol. The lowest BCUT2D eigenvalue weighted by Gasteiger charge is -2.45. The van der Waals surface area contributed by atoms with Gasteiger partial charge < -0.3 is 10.2 Å². The van der Waals surface area contributed by atoms with Crippen LogP contribution in [0.15, 0.2) is 158 Å². The Morgan fingerprint density at radius 1 is 0.455 bits per heavy atom. The minimum atomic E-state index is 0.0355. The third kappa shape index (κ3) is 7.09. The minimum absolute atomic E-state index is 0.0355. The normalized spacial score (nSPS) is 17.2. The van der Waals surface area contributed by atoms with Gasteiger partial charge in [-0.05, 0) is 175 Å². The van der Waals surface area contributed by atoms with Crippen LogP contribution in [-0.2, 0) is 21.7 Å². The maximum Gasteiger partial charge on any atom is 0.198 e. The highest BCUT2D eigenvalue weighted by Gasteiger charge is 2.41. The summed E-state index contributed by atoms with van der Waals surface area (Å²) in [4.78, 5) is 2.65. The fourth-order valence-corrected chi connectivity index (χ4v) is 11.8. The molecule has 0 saturated carbocycles. The first-order valence-corrected chi connectivity index (χ1v) is 24.4. The van der Waals surface area contributed by atoms with Crippen molar-refractivity contribution in [3.05, 3.63) is 186 Å². The predicted octanol–water partition coefficient (Wildman–Crippen LogP) is 15.8. The third-order valence-corrected chi connectivity index (χ3v) is 16.1. The fourth-order valence-electron chi connectivity index (χ4n) is 11.8. The molecule has 8 aromatic rings. The Bertz CT molecular complexity index is 3190. The summed E-state index contributed by atoms with van der Waals surface area (Å²) in [7, 11) is 0.851. The lowest BCUT2D eigenvalue weighted by Crippen LogP contribution is -2.44. The number of nitrogens with zero attached hydrogens (tertiary/aromatic N) is 1. The molecule has 2 aliphatic carbocycles. The Morgan fingerprint density at radius 3 is 1.59 bits per heavy atom. The highest BCUT2D eigenvalue weighted by atomic mass is 15.2. The van der Waals surface area contributed by atoms with Crippen molar-refractivity contribution in [2.45, 2.75) is 110 Å². The molecule has 0 atom stereocenters. The van der Waals surface area contributed by atoms with E-state index in [4.69, 9.17) is 0 Å². The second-order valence-corrected chi connectivity index (χ2v) is 22.4. The Morgan fingerprint density at radius 2 is 0.970 bits per heavy atom. The highest BCUT2D eigenvalue weighted by Crippen LogP contribution is 2.52. The van der Waals surface area contributed by atoms with Crippen molar-refractivity contribution in [3.8, 4) is 33.4 Å². The number of hydrogen-bond acceptors (Lipinski definition) is 2. The Kier molecular flexibility index (Phi) is 9.86. The average molecular weight is 859 g/mol. The molecule has 0 unspecified atom stereocenters. The molecule has 0 saturated heterocycles. The van der Waals surface area contributed by atoms with Crippen molar-refractivity contribution in [1.29, 1.82) is 0 Å². The highest BCUT2D eigenvalue weighted by molar-refractivity contribution is 6.73. The van der Waals surface area contributed by atoms with Crippen LogP contribution in [0.3, 0.4) is 0 Å². The molecule has 1 N–H and O–H groups in total. The van der Waals surface area contributed by atoms with Crippen molar-refractivity contribution >= 4 is 57.4 Å². The van der Waals surface area contributed by atoms with Crippen molar-refractivity contribution in [2.24, 2.45) is 0 Å². The first-order chi connectivity index (χ1) is 31.6. The van der Waals surface area contributed by atoms with E-state index in [1.165, 1.54) is 118 Å².